The fourth-order valence-corrected chi connectivity index (χ4v) is 2.59. The first-order chi connectivity index (χ1) is 8.72. The van der Waals surface area contributed by atoms with Gasteiger partial charge >= 0.3 is 5.76 Å². The monoisotopic (exact) mass is 247 g/mol. The van der Waals surface area contributed by atoms with Gasteiger partial charge in [-0.05, 0) is 43.5 Å². The highest BCUT2D eigenvalue weighted by Gasteiger charge is 2.18. The van der Waals surface area contributed by atoms with Crippen LogP contribution in [0, 0.1) is 0 Å². The van der Waals surface area contributed by atoms with Crippen molar-refractivity contribution in [2.75, 3.05) is 6.54 Å². The van der Waals surface area contributed by atoms with Gasteiger partial charge in [-0.3, -0.25) is 4.98 Å². The number of hydrogen-bond donors (Lipinski definition) is 3. The van der Waals surface area contributed by atoms with Crippen molar-refractivity contribution >= 4 is 11.1 Å². The first kappa shape index (κ1) is 11.5. The largest absolute Gasteiger partial charge is 0.417 e. The number of oxazole rings is 1. The van der Waals surface area contributed by atoms with Gasteiger partial charge in [-0.2, -0.15) is 0 Å². The van der Waals surface area contributed by atoms with Gasteiger partial charge in [-0.25, -0.2) is 4.79 Å². The topological polar surface area (TPSA) is 84.0 Å². The smallest absolute Gasteiger partial charge is 0.408 e. The fraction of sp³-hybridized carbons (Fsp3) is 0.462. The van der Waals surface area contributed by atoms with E-state index in [-0.39, 0.29) is 6.04 Å². The van der Waals surface area contributed by atoms with Crippen LogP contribution < -0.4 is 16.8 Å². The van der Waals surface area contributed by atoms with E-state index in [1.165, 1.54) is 12.8 Å². The Labute approximate surface area is 104 Å². The van der Waals surface area contributed by atoms with E-state index in [1.807, 2.05) is 18.2 Å². The van der Waals surface area contributed by atoms with E-state index in [0.717, 1.165) is 24.0 Å². The Bertz CT molecular complexity index is 596. The van der Waals surface area contributed by atoms with Crippen molar-refractivity contribution in [3.05, 3.63) is 34.3 Å². The summed E-state index contributed by atoms with van der Waals surface area (Å²) < 4.78 is 5.05. The molecule has 5 heteroatoms. The lowest BCUT2D eigenvalue weighted by Crippen LogP contribution is -2.26. The van der Waals surface area contributed by atoms with Gasteiger partial charge in [0.15, 0.2) is 5.58 Å². The summed E-state index contributed by atoms with van der Waals surface area (Å²) in [6, 6.07) is 6.14. The van der Waals surface area contributed by atoms with Crippen LogP contribution in [0.3, 0.4) is 0 Å². The Morgan fingerprint density at radius 1 is 1.50 bits per heavy atom. The van der Waals surface area contributed by atoms with E-state index >= 15 is 0 Å². The molecule has 2 heterocycles. The Morgan fingerprint density at radius 2 is 2.39 bits per heavy atom. The Kier molecular flexibility index (Phi) is 2.93. The molecular weight excluding hydrogens is 230 g/mol. The predicted molar refractivity (Wildman–Crippen MR) is 69.4 cm³/mol. The zero-order chi connectivity index (χ0) is 12.5. The maximum Gasteiger partial charge on any atom is 0.417 e. The van der Waals surface area contributed by atoms with Crippen molar-refractivity contribution in [1.82, 2.24) is 10.3 Å². The second-order valence-corrected chi connectivity index (χ2v) is 4.91. The lowest BCUT2D eigenvalue weighted by atomic mass is 9.99. The van der Waals surface area contributed by atoms with Gasteiger partial charge in [-0.1, -0.05) is 6.07 Å². The molecular formula is C13H17N3O2. The van der Waals surface area contributed by atoms with Gasteiger partial charge in [-0.15, -0.1) is 0 Å². The molecule has 1 aliphatic heterocycles. The summed E-state index contributed by atoms with van der Waals surface area (Å²) in [5, 5.41) is 3.44. The van der Waals surface area contributed by atoms with Crippen molar-refractivity contribution < 1.29 is 4.42 Å². The minimum atomic E-state index is -0.423. The molecule has 0 bridgehead atoms. The molecule has 0 radical (unpaired) electrons. The third-order valence-corrected chi connectivity index (χ3v) is 3.57. The van der Waals surface area contributed by atoms with E-state index in [0.29, 0.717) is 11.6 Å². The Morgan fingerprint density at radius 3 is 3.17 bits per heavy atom. The summed E-state index contributed by atoms with van der Waals surface area (Å²) in [7, 11) is 0. The molecule has 1 aliphatic rings. The van der Waals surface area contributed by atoms with Crippen LogP contribution in [0.25, 0.3) is 11.1 Å². The molecule has 1 aromatic heterocycles. The summed E-state index contributed by atoms with van der Waals surface area (Å²) in [6.07, 6.45) is 3.33. The number of rotatable bonds is 3. The lowest BCUT2D eigenvalue weighted by Gasteiger charge is -2.16. The number of nitrogens with one attached hydrogen (secondary N) is 2. The Balaban J connectivity index is 1.81. The van der Waals surface area contributed by atoms with Crippen LogP contribution in [0.5, 0.6) is 0 Å². The number of H-pyrrole nitrogens is 1. The molecule has 96 valence electrons. The van der Waals surface area contributed by atoms with Crippen LogP contribution >= 0.6 is 0 Å². The van der Waals surface area contributed by atoms with Crippen molar-refractivity contribution in [2.45, 2.75) is 31.3 Å². The van der Waals surface area contributed by atoms with Crippen LogP contribution in [-0.2, 0) is 0 Å². The van der Waals surface area contributed by atoms with E-state index in [2.05, 4.69) is 10.3 Å². The standard InChI is InChI=1S/C13H17N3O2/c14-10(7-9-2-1-5-15-9)8-3-4-11-12(6-8)18-13(17)16-11/h3-4,6,9-10,15H,1-2,5,7,14H2,(H,16,17). The summed E-state index contributed by atoms with van der Waals surface area (Å²) in [5.74, 6) is -0.423. The molecule has 1 aromatic carbocycles. The average molecular weight is 247 g/mol. The van der Waals surface area contributed by atoms with Crippen LogP contribution in [0.15, 0.2) is 27.4 Å². The summed E-state index contributed by atoms with van der Waals surface area (Å²) in [6.45, 7) is 1.09. The van der Waals surface area contributed by atoms with Gasteiger partial charge in [0.2, 0.25) is 0 Å². The number of fused-ring (bicyclic) bond motifs is 1. The molecule has 1 saturated heterocycles. The van der Waals surface area contributed by atoms with Gasteiger partial charge in [0.05, 0.1) is 5.52 Å². The van der Waals surface area contributed by atoms with Crippen molar-refractivity contribution in [1.29, 1.82) is 0 Å². The quantitative estimate of drug-likeness (QED) is 0.762. The molecule has 1 fully saturated rings. The maximum absolute atomic E-state index is 11.1. The highest BCUT2D eigenvalue weighted by molar-refractivity contribution is 5.72. The molecule has 0 amide bonds. The average Bonchev–Trinajstić information content (AvgIpc) is 2.95. The summed E-state index contributed by atoms with van der Waals surface area (Å²) in [4.78, 5) is 13.7. The molecule has 18 heavy (non-hydrogen) atoms. The zero-order valence-corrected chi connectivity index (χ0v) is 10.1. The molecule has 5 nitrogen and oxygen atoms in total. The highest BCUT2D eigenvalue weighted by atomic mass is 16.4. The normalized spacial score (nSPS) is 21.5. The molecule has 2 aromatic rings. The first-order valence-corrected chi connectivity index (χ1v) is 6.34. The van der Waals surface area contributed by atoms with Gasteiger partial charge in [0.25, 0.3) is 0 Å². The van der Waals surface area contributed by atoms with E-state index < -0.39 is 5.76 Å². The maximum atomic E-state index is 11.1. The molecule has 0 spiro atoms. The first-order valence-electron chi connectivity index (χ1n) is 6.34. The number of aromatic nitrogens is 1. The van der Waals surface area contributed by atoms with E-state index in [9.17, 15) is 4.79 Å². The fourth-order valence-electron chi connectivity index (χ4n) is 2.59. The Hall–Kier alpha value is -1.59. The van der Waals surface area contributed by atoms with Crippen LogP contribution in [0.2, 0.25) is 0 Å². The minimum absolute atomic E-state index is 0.0230. The number of aromatic amines is 1. The SMILES string of the molecule is NC(CC1CCCN1)c1ccc2[nH]c(=O)oc2c1. The van der Waals surface area contributed by atoms with Gasteiger partial charge in [0.1, 0.15) is 0 Å². The second kappa shape index (κ2) is 4.59. The number of nitrogens with two attached hydrogens (primary N) is 1. The van der Waals surface area contributed by atoms with Crippen molar-refractivity contribution in [3.63, 3.8) is 0 Å². The zero-order valence-electron chi connectivity index (χ0n) is 10.1. The molecule has 4 N–H and O–H groups in total. The second-order valence-electron chi connectivity index (χ2n) is 4.91. The predicted octanol–water partition coefficient (Wildman–Crippen LogP) is 1.26. The van der Waals surface area contributed by atoms with Gasteiger partial charge in [0, 0.05) is 12.1 Å². The van der Waals surface area contributed by atoms with Crippen LogP contribution in [-0.4, -0.2) is 17.6 Å². The molecule has 3 rings (SSSR count). The molecule has 0 saturated carbocycles. The highest BCUT2D eigenvalue weighted by Crippen LogP contribution is 2.22. The summed E-state index contributed by atoms with van der Waals surface area (Å²) >= 11 is 0. The van der Waals surface area contributed by atoms with E-state index in [1.54, 1.807) is 0 Å². The number of benzene rings is 1. The minimum Gasteiger partial charge on any atom is -0.408 e. The third-order valence-electron chi connectivity index (χ3n) is 3.57. The van der Waals surface area contributed by atoms with Crippen LogP contribution in [0.1, 0.15) is 30.9 Å². The van der Waals surface area contributed by atoms with Crippen LogP contribution in [0.4, 0.5) is 0 Å². The molecule has 0 aliphatic carbocycles. The lowest BCUT2D eigenvalue weighted by molar-refractivity contribution is 0.498. The van der Waals surface area contributed by atoms with Gasteiger partial charge < -0.3 is 15.5 Å². The molecule has 2 atom stereocenters. The number of hydrogen-bond acceptors (Lipinski definition) is 4. The third kappa shape index (κ3) is 2.19. The van der Waals surface area contributed by atoms with Crippen molar-refractivity contribution in [2.24, 2.45) is 5.73 Å². The van der Waals surface area contributed by atoms with Crippen molar-refractivity contribution in [3.8, 4) is 0 Å². The van der Waals surface area contributed by atoms with E-state index in [4.69, 9.17) is 10.2 Å². The summed E-state index contributed by atoms with van der Waals surface area (Å²) in [5.41, 5.74) is 8.51. The molecule has 2 unspecified atom stereocenters.